The third-order valence-electron chi connectivity index (χ3n) is 3.91. The van der Waals surface area contributed by atoms with Crippen molar-refractivity contribution in [2.45, 2.75) is 39.6 Å². The molecule has 0 aromatic carbocycles. The second kappa shape index (κ2) is 7.62. The van der Waals surface area contributed by atoms with Gasteiger partial charge < -0.3 is 9.67 Å². The standard InChI is InChI=1S/C15H23N5OS/c1-4-13(12-6-8-16-9-7-12)19(5-2)11-20-15(22)18(3)14(10-21)17-20/h6-9,13,21H,4-5,10-11H2,1-3H3. The van der Waals surface area contributed by atoms with Crippen LogP contribution in [0.5, 0.6) is 0 Å². The van der Waals surface area contributed by atoms with Crippen molar-refractivity contribution in [3.63, 3.8) is 0 Å². The highest BCUT2D eigenvalue weighted by atomic mass is 32.1. The van der Waals surface area contributed by atoms with Gasteiger partial charge in [0.2, 0.25) is 0 Å². The van der Waals surface area contributed by atoms with Gasteiger partial charge in [-0.25, -0.2) is 4.68 Å². The van der Waals surface area contributed by atoms with Crippen LogP contribution in [-0.4, -0.2) is 35.9 Å². The number of aliphatic hydroxyl groups is 1. The fraction of sp³-hybridized carbons (Fsp3) is 0.533. The number of nitrogens with zero attached hydrogens (tertiary/aromatic N) is 5. The van der Waals surface area contributed by atoms with E-state index >= 15 is 0 Å². The van der Waals surface area contributed by atoms with Crippen molar-refractivity contribution in [1.82, 2.24) is 24.2 Å². The first-order chi connectivity index (χ1) is 10.6. The number of pyridine rings is 1. The Labute approximate surface area is 136 Å². The van der Waals surface area contributed by atoms with Gasteiger partial charge in [0.15, 0.2) is 10.6 Å². The number of rotatable bonds is 7. The minimum atomic E-state index is -0.110. The maximum Gasteiger partial charge on any atom is 0.198 e. The Kier molecular flexibility index (Phi) is 5.82. The van der Waals surface area contributed by atoms with Gasteiger partial charge in [-0.2, -0.15) is 5.10 Å². The van der Waals surface area contributed by atoms with E-state index in [2.05, 4.69) is 28.8 Å². The third-order valence-corrected chi connectivity index (χ3v) is 4.40. The number of hydrogen-bond acceptors (Lipinski definition) is 5. The summed E-state index contributed by atoms with van der Waals surface area (Å²) in [5, 5.41) is 13.7. The lowest BCUT2D eigenvalue weighted by Gasteiger charge is -2.30. The van der Waals surface area contributed by atoms with Crippen LogP contribution in [0.3, 0.4) is 0 Å². The van der Waals surface area contributed by atoms with Crippen molar-refractivity contribution in [3.05, 3.63) is 40.7 Å². The molecule has 120 valence electrons. The topological polar surface area (TPSA) is 59.1 Å². The second-order valence-electron chi connectivity index (χ2n) is 5.17. The zero-order valence-electron chi connectivity index (χ0n) is 13.3. The van der Waals surface area contributed by atoms with Crippen LogP contribution in [0.1, 0.15) is 37.7 Å². The van der Waals surface area contributed by atoms with Crippen molar-refractivity contribution in [2.75, 3.05) is 6.54 Å². The maximum atomic E-state index is 9.32. The third kappa shape index (κ3) is 3.43. The van der Waals surface area contributed by atoms with Crippen LogP contribution >= 0.6 is 12.2 Å². The molecule has 0 fully saturated rings. The first kappa shape index (κ1) is 16.8. The number of aliphatic hydroxyl groups excluding tert-OH is 1. The summed E-state index contributed by atoms with van der Waals surface area (Å²) in [6.45, 7) is 5.67. The molecule has 7 heteroatoms. The Bertz CT molecular complexity index is 652. The lowest BCUT2D eigenvalue weighted by molar-refractivity contribution is 0.145. The fourth-order valence-electron chi connectivity index (χ4n) is 2.64. The molecule has 2 aromatic heterocycles. The molecule has 2 rings (SSSR count). The summed E-state index contributed by atoms with van der Waals surface area (Å²) < 4.78 is 4.14. The highest BCUT2D eigenvalue weighted by Gasteiger charge is 2.19. The fourth-order valence-corrected chi connectivity index (χ4v) is 2.85. The van der Waals surface area contributed by atoms with Crippen LogP contribution in [0.25, 0.3) is 0 Å². The molecule has 2 aromatic rings. The summed E-state index contributed by atoms with van der Waals surface area (Å²) in [6.07, 6.45) is 4.63. The minimum absolute atomic E-state index is 0.110. The van der Waals surface area contributed by atoms with Crippen molar-refractivity contribution in [2.24, 2.45) is 7.05 Å². The zero-order chi connectivity index (χ0) is 16.1. The molecule has 0 aliphatic carbocycles. The molecule has 0 aliphatic rings. The summed E-state index contributed by atoms with van der Waals surface area (Å²) in [5.74, 6) is 0.581. The lowest BCUT2D eigenvalue weighted by Crippen LogP contribution is -2.31. The zero-order valence-corrected chi connectivity index (χ0v) is 14.1. The van der Waals surface area contributed by atoms with E-state index < -0.39 is 0 Å². The molecule has 0 aliphatic heterocycles. The summed E-state index contributed by atoms with van der Waals surface area (Å²) in [6, 6.07) is 4.39. The predicted molar refractivity (Wildman–Crippen MR) is 87.6 cm³/mol. The largest absolute Gasteiger partial charge is 0.388 e. The van der Waals surface area contributed by atoms with E-state index in [9.17, 15) is 5.11 Å². The van der Waals surface area contributed by atoms with Crippen LogP contribution in [0, 0.1) is 4.77 Å². The van der Waals surface area contributed by atoms with Crippen LogP contribution in [0.2, 0.25) is 0 Å². The van der Waals surface area contributed by atoms with Crippen LogP contribution < -0.4 is 0 Å². The highest BCUT2D eigenvalue weighted by Crippen LogP contribution is 2.24. The van der Waals surface area contributed by atoms with Gasteiger partial charge in [0.05, 0.1) is 6.67 Å². The van der Waals surface area contributed by atoms with Crippen LogP contribution in [0.4, 0.5) is 0 Å². The molecule has 0 bridgehead atoms. The molecule has 0 spiro atoms. The Morgan fingerprint density at radius 3 is 2.50 bits per heavy atom. The quantitative estimate of drug-likeness (QED) is 0.793. The normalized spacial score (nSPS) is 12.8. The Balaban J connectivity index is 2.27. The molecule has 22 heavy (non-hydrogen) atoms. The molecule has 6 nitrogen and oxygen atoms in total. The summed E-state index contributed by atoms with van der Waals surface area (Å²) >= 11 is 5.40. The van der Waals surface area contributed by atoms with E-state index in [-0.39, 0.29) is 12.6 Å². The molecular formula is C15H23N5OS. The monoisotopic (exact) mass is 321 g/mol. The van der Waals surface area contributed by atoms with Gasteiger partial charge in [-0.05, 0) is 42.9 Å². The molecule has 1 unspecified atom stereocenters. The lowest BCUT2D eigenvalue weighted by atomic mass is 10.0. The average Bonchev–Trinajstić information content (AvgIpc) is 2.83. The first-order valence-corrected chi connectivity index (χ1v) is 7.90. The molecule has 1 atom stereocenters. The minimum Gasteiger partial charge on any atom is -0.388 e. The van der Waals surface area contributed by atoms with E-state index in [1.807, 2.05) is 31.6 Å². The van der Waals surface area contributed by atoms with Gasteiger partial charge in [-0.1, -0.05) is 13.8 Å². The highest BCUT2D eigenvalue weighted by molar-refractivity contribution is 7.71. The molecule has 0 amide bonds. The summed E-state index contributed by atoms with van der Waals surface area (Å²) in [7, 11) is 1.83. The Morgan fingerprint density at radius 2 is 2.00 bits per heavy atom. The van der Waals surface area contributed by atoms with Gasteiger partial charge in [0.25, 0.3) is 0 Å². The molecular weight excluding hydrogens is 298 g/mol. The van der Waals surface area contributed by atoms with E-state index in [0.29, 0.717) is 17.3 Å². The number of aromatic nitrogens is 4. The molecule has 0 saturated heterocycles. The van der Waals surface area contributed by atoms with E-state index in [4.69, 9.17) is 12.2 Å². The van der Waals surface area contributed by atoms with Crippen molar-refractivity contribution < 1.29 is 5.11 Å². The molecule has 0 radical (unpaired) electrons. The van der Waals surface area contributed by atoms with Crippen molar-refractivity contribution in [3.8, 4) is 0 Å². The van der Waals surface area contributed by atoms with E-state index in [0.717, 1.165) is 13.0 Å². The predicted octanol–water partition coefficient (Wildman–Crippen LogP) is 2.27. The SMILES string of the molecule is CCC(c1ccncc1)N(CC)Cn1nc(CO)n(C)c1=S. The average molecular weight is 321 g/mol. The van der Waals surface area contributed by atoms with Gasteiger partial charge in [0.1, 0.15) is 6.61 Å². The van der Waals surface area contributed by atoms with Gasteiger partial charge in [-0.3, -0.25) is 9.88 Å². The smallest absolute Gasteiger partial charge is 0.198 e. The summed E-state index contributed by atoms with van der Waals surface area (Å²) in [5.41, 5.74) is 1.24. The maximum absolute atomic E-state index is 9.32. The van der Waals surface area contributed by atoms with Gasteiger partial charge in [-0.15, -0.1) is 0 Å². The number of hydrogen-bond donors (Lipinski definition) is 1. The van der Waals surface area contributed by atoms with E-state index in [1.165, 1.54) is 5.56 Å². The first-order valence-electron chi connectivity index (χ1n) is 7.49. The van der Waals surface area contributed by atoms with Gasteiger partial charge >= 0.3 is 0 Å². The van der Waals surface area contributed by atoms with Crippen molar-refractivity contribution >= 4 is 12.2 Å². The second-order valence-corrected chi connectivity index (χ2v) is 5.53. The molecule has 0 saturated carbocycles. The van der Waals surface area contributed by atoms with Crippen LogP contribution in [0.15, 0.2) is 24.5 Å². The van der Waals surface area contributed by atoms with Crippen molar-refractivity contribution in [1.29, 1.82) is 0 Å². The van der Waals surface area contributed by atoms with E-state index in [1.54, 1.807) is 9.25 Å². The van der Waals surface area contributed by atoms with Crippen LogP contribution in [-0.2, 0) is 20.3 Å². The summed E-state index contributed by atoms with van der Waals surface area (Å²) in [4.78, 5) is 6.41. The Morgan fingerprint density at radius 1 is 1.32 bits per heavy atom. The molecule has 1 N–H and O–H groups in total. The molecule has 2 heterocycles. The Hall–Kier alpha value is -1.57. The van der Waals surface area contributed by atoms with Gasteiger partial charge in [0, 0.05) is 25.5 Å².